The second kappa shape index (κ2) is 11.0. The predicted octanol–water partition coefficient (Wildman–Crippen LogP) is 5.59. The van der Waals surface area contributed by atoms with Crippen LogP contribution in [0.2, 0.25) is 0 Å². The van der Waals surface area contributed by atoms with E-state index in [2.05, 4.69) is 19.6 Å². The highest BCUT2D eigenvalue weighted by Gasteiger charge is 2.36. The van der Waals surface area contributed by atoms with Gasteiger partial charge in [-0.2, -0.15) is 4.39 Å². The van der Waals surface area contributed by atoms with Gasteiger partial charge in [-0.05, 0) is 100 Å². The third-order valence-corrected chi connectivity index (χ3v) is 8.61. The summed E-state index contributed by atoms with van der Waals surface area (Å²) in [4.78, 5) is 10.8. The minimum absolute atomic E-state index is 0.372. The molecule has 198 valence electrons. The van der Waals surface area contributed by atoms with Crippen molar-refractivity contribution < 1.29 is 17.4 Å². The molecule has 5 nitrogen and oxygen atoms in total. The molecule has 2 aromatic heterocycles. The van der Waals surface area contributed by atoms with Gasteiger partial charge in [-0.25, -0.2) is 22.7 Å². The van der Waals surface area contributed by atoms with E-state index in [0.29, 0.717) is 17.2 Å². The molecule has 37 heavy (non-hydrogen) atoms. The average Bonchev–Trinajstić information content (AvgIpc) is 2.86. The quantitative estimate of drug-likeness (QED) is 0.405. The maximum atomic E-state index is 14.2. The molecule has 3 heterocycles. The van der Waals surface area contributed by atoms with Crippen molar-refractivity contribution >= 4 is 11.0 Å². The number of halogens is 3. The molecule has 0 bridgehead atoms. The third kappa shape index (κ3) is 6.45. The number of aromatic nitrogens is 2. The van der Waals surface area contributed by atoms with Crippen molar-refractivity contribution in [1.82, 2.24) is 19.6 Å². The Morgan fingerprint density at radius 1 is 0.946 bits per heavy atom. The van der Waals surface area contributed by atoms with Crippen LogP contribution >= 0.6 is 0 Å². The summed E-state index contributed by atoms with van der Waals surface area (Å²) in [5, 5.41) is 0. The lowest BCUT2D eigenvalue weighted by atomic mass is 9.88. The maximum Gasteiger partial charge on any atom is 0.212 e. The number of nitrogens with zero attached hydrogens (tertiary/aromatic N) is 3. The normalized spacial score (nSPS) is 17.9. The summed E-state index contributed by atoms with van der Waals surface area (Å²) in [5.41, 5.74) is 1.98. The van der Waals surface area contributed by atoms with E-state index < -0.39 is 38.9 Å². The zero-order chi connectivity index (χ0) is 26.8. The average molecular weight is 531 g/mol. The van der Waals surface area contributed by atoms with Crippen LogP contribution < -0.4 is 4.72 Å². The molecule has 9 heteroatoms. The Labute approximate surface area is 219 Å². The molecule has 0 spiro atoms. The van der Waals surface area contributed by atoms with Crippen molar-refractivity contribution in [2.45, 2.75) is 63.3 Å². The topological polar surface area (TPSA) is 58.1 Å². The molecule has 2 atom stereocenters. The summed E-state index contributed by atoms with van der Waals surface area (Å²) in [7, 11) is -1.49. The van der Waals surface area contributed by atoms with E-state index in [1.165, 1.54) is 12.1 Å². The van der Waals surface area contributed by atoms with Crippen LogP contribution in [-0.4, -0.2) is 36.9 Å². The Morgan fingerprint density at radius 3 is 2.24 bits per heavy atom. The smallest absolute Gasteiger partial charge is 0.212 e. The molecule has 1 aliphatic heterocycles. The van der Waals surface area contributed by atoms with Gasteiger partial charge >= 0.3 is 0 Å². The Kier molecular flexibility index (Phi) is 8.16. The van der Waals surface area contributed by atoms with Gasteiger partial charge < -0.3 is 0 Å². The molecule has 4 rings (SSSR count). The van der Waals surface area contributed by atoms with Crippen LogP contribution in [0, 0.1) is 17.6 Å². The lowest BCUT2D eigenvalue weighted by molar-refractivity contribution is 0.204. The van der Waals surface area contributed by atoms with Crippen molar-refractivity contribution in [2.75, 3.05) is 13.1 Å². The second-order valence-electron chi connectivity index (χ2n) is 10.8. The number of likely N-dealkylation sites (tertiary alicyclic amines) is 1. The Morgan fingerprint density at radius 2 is 1.68 bits per heavy atom. The first-order chi connectivity index (χ1) is 17.5. The molecule has 0 unspecified atom stereocenters. The van der Waals surface area contributed by atoms with Crippen molar-refractivity contribution in [3.05, 3.63) is 94.8 Å². The monoisotopic (exact) mass is 530 g/mol. The highest BCUT2D eigenvalue weighted by Crippen LogP contribution is 2.32. The summed E-state index contributed by atoms with van der Waals surface area (Å²) in [6, 6.07) is 10.7. The van der Waals surface area contributed by atoms with Crippen LogP contribution in [-0.2, 0) is 23.1 Å². The van der Waals surface area contributed by atoms with Crippen molar-refractivity contribution in [2.24, 2.45) is 0 Å². The molecule has 1 aliphatic rings. The van der Waals surface area contributed by atoms with Gasteiger partial charge in [-0.3, -0.25) is 9.88 Å². The Bertz CT molecular complexity index is 1240. The highest BCUT2D eigenvalue weighted by molar-refractivity contribution is 7.84. The summed E-state index contributed by atoms with van der Waals surface area (Å²) < 4.78 is 56.5. The van der Waals surface area contributed by atoms with Crippen LogP contribution in [0.5, 0.6) is 0 Å². The zero-order valence-corrected chi connectivity index (χ0v) is 22.4. The molecule has 1 saturated heterocycles. The molecular formula is C28H33F3N4OS. The van der Waals surface area contributed by atoms with E-state index in [9.17, 15) is 17.4 Å². The van der Waals surface area contributed by atoms with Gasteiger partial charge in [0, 0.05) is 18.9 Å². The van der Waals surface area contributed by atoms with Gasteiger partial charge in [0.05, 0.1) is 27.0 Å². The van der Waals surface area contributed by atoms with Gasteiger partial charge in [0.2, 0.25) is 5.95 Å². The fraction of sp³-hybridized carbons (Fsp3) is 0.429. The minimum atomic E-state index is -1.49. The minimum Gasteiger partial charge on any atom is -0.299 e. The molecule has 1 fully saturated rings. The number of pyridine rings is 2. The maximum absolute atomic E-state index is 14.2. The number of piperidine rings is 1. The lowest BCUT2D eigenvalue weighted by Crippen LogP contribution is -2.47. The summed E-state index contributed by atoms with van der Waals surface area (Å²) >= 11 is 0. The zero-order valence-electron chi connectivity index (χ0n) is 21.6. The number of nitrogens with one attached hydrogen (secondary N) is 1. The fourth-order valence-electron chi connectivity index (χ4n) is 4.53. The molecular weight excluding hydrogens is 497 g/mol. The van der Waals surface area contributed by atoms with Crippen LogP contribution in [0.1, 0.15) is 68.8 Å². The SMILES string of the molecule is CC(C)(C)[S@@](=O)N[C@@](C)(c1ccc(F)c(F)c1)c1ccc(CN2CCC(c3ccc(F)nc3)CC2)cn1. The van der Waals surface area contributed by atoms with Gasteiger partial charge in [0.15, 0.2) is 11.6 Å². The summed E-state index contributed by atoms with van der Waals surface area (Å²) in [6.07, 6.45) is 5.35. The number of hydrogen-bond acceptors (Lipinski definition) is 4. The molecule has 3 aromatic rings. The van der Waals surface area contributed by atoms with E-state index in [-0.39, 0.29) is 0 Å². The number of hydrogen-bond donors (Lipinski definition) is 1. The molecule has 1 N–H and O–H groups in total. The van der Waals surface area contributed by atoms with E-state index in [1.54, 1.807) is 19.3 Å². The number of benzene rings is 1. The lowest BCUT2D eigenvalue weighted by Gasteiger charge is -2.34. The number of rotatable bonds is 7. The van der Waals surface area contributed by atoms with E-state index in [4.69, 9.17) is 0 Å². The molecule has 0 saturated carbocycles. The first-order valence-corrected chi connectivity index (χ1v) is 13.5. The Hall–Kier alpha value is -2.62. The van der Waals surface area contributed by atoms with Crippen molar-refractivity contribution in [1.29, 1.82) is 0 Å². The standard InChI is InChI=1S/C28H33F3N4OS/c1-27(2,3)37(36)34-28(4,22-7-8-23(29)24(30)15-22)25-9-5-19(16-32-25)18-35-13-11-20(12-14-35)21-6-10-26(31)33-17-21/h5-10,15-17,20,34H,11-14,18H2,1-4H3/t28-,37+/m0/s1. The first kappa shape index (κ1) is 27.4. The van der Waals surface area contributed by atoms with Gasteiger partial charge in [-0.1, -0.05) is 18.2 Å². The largest absolute Gasteiger partial charge is 0.299 e. The third-order valence-electron chi connectivity index (χ3n) is 6.90. The molecule has 1 aromatic carbocycles. The van der Waals surface area contributed by atoms with E-state index in [0.717, 1.165) is 55.7 Å². The van der Waals surface area contributed by atoms with E-state index >= 15 is 0 Å². The molecule has 0 aliphatic carbocycles. The fourth-order valence-corrected chi connectivity index (χ4v) is 5.43. The molecule has 0 radical (unpaired) electrons. The van der Waals surface area contributed by atoms with Crippen LogP contribution in [0.3, 0.4) is 0 Å². The van der Waals surface area contributed by atoms with Crippen LogP contribution in [0.15, 0.2) is 54.9 Å². The van der Waals surface area contributed by atoms with Crippen LogP contribution in [0.25, 0.3) is 0 Å². The first-order valence-electron chi connectivity index (χ1n) is 12.4. The van der Waals surface area contributed by atoms with E-state index in [1.807, 2.05) is 39.0 Å². The summed E-state index contributed by atoms with van der Waals surface area (Å²) in [6.45, 7) is 9.84. The second-order valence-corrected chi connectivity index (χ2v) is 12.7. The Balaban J connectivity index is 1.49. The summed E-state index contributed by atoms with van der Waals surface area (Å²) in [5.74, 6) is -2.00. The van der Waals surface area contributed by atoms with Gasteiger partial charge in [-0.15, -0.1) is 0 Å². The van der Waals surface area contributed by atoms with Gasteiger partial charge in [0.1, 0.15) is 0 Å². The van der Waals surface area contributed by atoms with Crippen molar-refractivity contribution in [3.63, 3.8) is 0 Å². The van der Waals surface area contributed by atoms with Crippen molar-refractivity contribution in [3.8, 4) is 0 Å². The highest BCUT2D eigenvalue weighted by atomic mass is 32.2. The molecule has 0 amide bonds. The van der Waals surface area contributed by atoms with Crippen LogP contribution in [0.4, 0.5) is 13.2 Å². The van der Waals surface area contributed by atoms with Gasteiger partial charge in [0.25, 0.3) is 0 Å². The predicted molar refractivity (Wildman–Crippen MR) is 140 cm³/mol.